The lowest BCUT2D eigenvalue weighted by Gasteiger charge is -2.31. The van der Waals surface area contributed by atoms with Crippen LogP contribution in [0.15, 0.2) is 42.0 Å². The lowest BCUT2D eigenvalue weighted by atomic mass is 9.99. The van der Waals surface area contributed by atoms with Crippen LogP contribution >= 0.6 is 11.3 Å². The van der Waals surface area contributed by atoms with E-state index in [4.69, 9.17) is 21.0 Å². The van der Waals surface area contributed by atoms with E-state index in [1.165, 1.54) is 5.01 Å². The highest BCUT2D eigenvalue weighted by Crippen LogP contribution is 2.31. The molecular weight excluding hydrogens is 410 g/mol. The summed E-state index contributed by atoms with van der Waals surface area (Å²) >= 11 is 1.70. The first-order valence-electron chi connectivity index (χ1n) is 10.4. The van der Waals surface area contributed by atoms with E-state index >= 15 is 0 Å². The molecule has 1 unspecified atom stereocenters. The first-order chi connectivity index (χ1) is 15.2. The minimum absolute atomic E-state index is 0.387. The number of nitrogens with one attached hydrogen (secondary N) is 1. The number of thiazole rings is 1. The van der Waals surface area contributed by atoms with Crippen molar-refractivity contribution in [3.05, 3.63) is 58.3 Å². The first kappa shape index (κ1) is 21.2. The maximum absolute atomic E-state index is 7.19. The molecule has 3 heterocycles. The largest absolute Gasteiger partial charge is 0.487 e. The Morgan fingerprint density at radius 1 is 1.29 bits per heavy atom. The molecule has 0 radical (unpaired) electrons. The maximum Gasteiger partial charge on any atom is 0.225 e. The zero-order valence-electron chi connectivity index (χ0n) is 17.6. The summed E-state index contributed by atoms with van der Waals surface area (Å²) in [5, 5.41) is 11.7. The number of hydrogen-bond acceptors (Lipinski definition) is 8. The number of anilines is 2. The number of ether oxygens (including phenoxy) is 1. The number of nitrogens with zero attached hydrogens (tertiary/aromatic N) is 5. The molecule has 0 bridgehead atoms. The lowest BCUT2D eigenvalue weighted by Crippen LogP contribution is -2.35. The Kier molecular flexibility index (Phi) is 6.73. The van der Waals surface area contributed by atoms with E-state index in [0.717, 1.165) is 72.3 Å². The van der Waals surface area contributed by atoms with Gasteiger partial charge in [-0.3, -0.25) is 10.4 Å². The Morgan fingerprint density at radius 2 is 2.06 bits per heavy atom. The smallest absolute Gasteiger partial charge is 0.225 e. The quantitative estimate of drug-likeness (QED) is 0.239. The molecule has 3 N–H and O–H groups in total. The van der Waals surface area contributed by atoms with Crippen molar-refractivity contribution < 1.29 is 4.74 Å². The van der Waals surface area contributed by atoms with Crippen molar-refractivity contribution in [1.82, 2.24) is 15.0 Å². The zero-order valence-corrected chi connectivity index (χ0v) is 18.4. The van der Waals surface area contributed by atoms with Crippen LogP contribution in [0.1, 0.15) is 41.9 Å². The molecule has 0 amide bonds. The number of piperidine rings is 1. The van der Waals surface area contributed by atoms with Gasteiger partial charge in [-0.15, -0.1) is 11.3 Å². The normalized spacial score (nSPS) is 16.2. The van der Waals surface area contributed by atoms with E-state index in [0.29, 0.717) is 12.5 Å². The molecule has 3 aromatic rings. The number of hydrogen-bond donors (Lipinski definition) is 2. The average molecular weight is 438 g/mol. The molecule has 0 aliphatic carbocycles. The molecule has 2 aromatic heterocycles. The topological polar surface area (TPSA) is 104 Å². The van der Waals surface area contributed by atoms with Gasteiger partial charge in [0.05, 0.1) is 16.4 Å². The van der Waals surface area contributed by atoms with Gasteiger partial charge in [-0.05, 0) is 49.1 Å². The lowest BCUT2D eigenvalue weighted by molar-refractivity contribution is 0.301. The average Bonchev–Trinajstić information content (AvgIpc) is 3.32. The molecule has 31 heavy (non-hydrogen) atoms. The Balaban J connectivity index is 1.35. The molecule has 0 spiro atoms. The van der Waals surface area contributed by atoms with Crippen LogP contribution in [-0.4, -0.2) is 34.4 Å². The van der Waals surface area contributed by atoms with Gasteiger partial charge in [-0.1, -0.05) is 6.92 Å². The van der Waals surface area contributed by atoms with Crippen LogP contribution in [-0.2, 0) is 13.0 Å². The molecule has 8 nitrogen and oxygen atoms in total. The third-order valence-corrected chi connectivity index (χ3v) is 6.44. The molecule has 0 saturated carbocycles. The molecule has 1 saturated heterocycles. The summed E-state index contributed by atoms with van der Waals surface area (Å²) in [7, 11) is 0. The van der Waals surface area contributed by atoms with Crippen LogP contribution < -0.4 is 20.5 Å². The number of hydrazine groups is 1. The third-order valence-electron chi connectivity index (χ3n) is 5.38. The molecular formula is C22H27N7OS. The predicted molar refractivity (Wildman–Crippen MR) is 124 cm³/mol. The second kappa shape index (κ2) is 9.84. The van der Waals surface area contributed by atoms with Crippen molar-refractivity contribution >= 4 is 29.3 Å². The van der Waals surface area contributed by atoms with Gasteiger partial charge in [-0.25, -0.2) is 20.8 Å². The van der Waals surface area contributed by atoms with E-state index < -0.39 is 0 Å². The minimum Gasteiger partial charge on any atom is -0.487 e. The van der Waals surface area contributed by atoms with Crippen molar-refractivity contribution in [3.8, 4) is 5.75 Å². The summed E-state index contributed by atoms with van der Waals surface area (Å²) in [6.45, 7) is 4.41. The maximum atomic E-state index is 7.19. The van der Waals surface area contributed by atoms with Gasteiger partial charge in [0.1, 0.15) is 18.7 Å². The van der Waals surface area contributed by atoms with Crippen LogP contribution in [0.4, 0.5) is 11.6 Å². The molecule has 9 heteroatoms. The van der Waals surface area contributed by atoms with Crippen LogP contribution in [0, 0.1) is 5.41 Å². The van der Waals surface area contributed by atoms with Crippen molar-refractivity contribution in [2.45, 2.75) is 38.7 Å². The van der Waals surface area contributed by atoms with E-state index in [1.807, 2.05) is 36.7 Å². The standard InChI is InChI=1S/C22H27N7OS/c1-2-16-10-25-22(26-11-16)28-9-3-4-17(12-28)21-27-18(14-31-21)13-30-20-7-5-19(6-8-20)29(24)15-23/h5-8,10-11,14-15,17,23H,2-4,9,12-13,24H2,1H3. The van der Waals surface area contributed by atoms with Crippen LogP contribution in [0.3, 0.4) is 0 Å². The molecule has 4 rings (SSSR count). The zero-order chi connectivity index (χ0) is 21.6. The summed E-state index contributed by atoms with van der Waals surface area (Å²) in [4.78, 5) is 16.2. The van der Waals surface area contributed by atoms with Crippen LogP contribution in [0.2, 0.25) is 0 Å². The van der Waals surface area contributed by atoms with Gasteiger partial charge in [0.25, 0.3) is 0 Å². The Morgan fingerprint density at radius 3 is 2.77 bits per heavy atom. The summed E-state index contributed by atoms with van der Waals surface area (Å²) in [6, 6.07) is 7.32. The van der Waals surface area contributed by atoms with Crippen molar-refractivity contribution in [2.24, 2.45) is 5.84 Å². The Labute approximate surface area is 186 Å². The van der Waals surface area contributed by atoms with E-state index in [-0.39, 0.29) is 0 Å². The van der Waals surface area contributed by atoms with Gasteiger partial charge < -0.3 is 9.64 Å². The fraction of sp³-hybridized carbons (Fsp3) is 0.364. The highest BCUT2D eigenvalue weighted by atomic mass is 32.1. The molecule has 1 aromatic carbocycles. The fourth-order valence-electron chi connectivity index (χ4n) is 3.58. The van der Waals surface area contributed by atoms with E-state index in [2.05, 4.69) is 27.2 Å². The van der Waals surface area contributed by atoms with Crippen molar-refractivity contribution in [2.75, 3.05) is 23.0 Å². The molecule has 1 aliphatic rings. The number of aromatic nitrogens is 3. The van der Waals surface area contributed by atoms with Gasteiger partial charge in [0.2, 0.25) is 5.95 Å². The van der Waals surface area contributed by atoms with Gasteiger partial charge in [0, 0.05) is 36.8 Å². The SMILES string of the molecule is CCc1cnc(N2CCCC(c3nc(COc4ccc(N(N)C=N)cc4)cs3)C2)nc1. The highest BCUT2D eigenvalue weighted by molar-refractivity contribution is 7.09. The number of rotatable bonds is 8. The summed E-state index contributed by atoms with van der Waals surface area (Å²) < 4.78 is 5.87. The van der Waals surface area contributed by atoms with Gasteiger partial charge >= 0.3 is 0 Å². The van der Waals surface area contributed by atoms with Crippen LogP contribution in [0.5, 0.6) is 5.75 Å². The second-order valence-corrected chi connectivity index (χ2v) is 8.42. The number of nitrogens with two attached hydrogens (primary N) is 1. The summed E-state index contributed by atoms with van der Waals surface area (Å²) in [5.74, 6) is 7.61. The molecule has 1 atom stereocenters. The minimum atomic E-state index is 0.387. The molecule has 1 fully saturated rings. The third kappa shape index (κ3) is 5.18. The Bertz CT molecular complexity index is 990. The predicted octanol–water partition coefficient (Wildman–Crippen LogP) is 3.75. The first-order valence-corrected chi connectivity index (χ1v) is 11.3. The van der Waals surface area contributed by atoms with Crippen LogP contribution in [0.25, 0.3) is 0 Å². The van der Waals surface area contributed by atoms with Crippen molar-refractivity contribution in [1.29, 1.82) is 5.41 Å². The molecule has 162 valence electrons. The monoisotopic (exact) mass is 437 g/mol. The number of aryl methyl sites for hydroxylation is 1. The fourth-order valence-corrected chi connectivity index (χ4v) is 4.51. The Hall–Kier alpha value is -3.04. The van der Waals surface area contributed by atoms with E-state index in [1.54, 1.807) is 11.3 Å². The van der Waals surface area contributed by atoms with E-state index in [9.17, 15) is 0 Å². The summed E-state index contributed by atoms with van der Waals surface area (Å²) in [6.07, 6.45) is 8.09. The van der Waals surface area contributed by atoms with Gasteiger partial charge in [-0.2, -0.15) is 0 Å². The van der Waals surface area contributed by atoms with Crippen molar-refractivity contribution in [3.63, 3.8) is 0 Å². The number of benzene rings is 1. The van der Waals surface area contributed by atoms with Gasteiger partial charge in [0.15, 0.2) is 0 Å². The highest BCUT2D eigenvalue weighted by Gasteiger charge is 2.25. The second-order valence-electron chi connectivity index (χ2n) is 7.53. The summed E-state index contributed by atoms with van der Waals surface area (Å²) in [5.41, 5.74) is 2.82. The molecule has 1 aliphatic heterocycles.